The van der Waals surface area contributed by atoms with Gasteiger partial charge in [-0.1, -0.05) is 12.1 Å². The van der Waals surface area contributed by atoms with E-state index < -0.39 is 34.5 Å². The minimum absolute atomic E-state index is 0.0657. The van der Waals surface area contributed by atoms with E-state index in [4.69, 9.17) is 9.15 Å². The molecule has 9 nitrogen and oxygen atoms in total. The number of amides is 1. The summed E-state index contributed by atoms with van der Waals surface area (Å²) >= 11 is 0. The van der Waals surface area contributed by atoms with Gasteiger partial charge < -0.3 is 14.5 Å². The Morgan fingerprint density at radius 1 is 1.21 bits per heavy atom. The van der Waals surface area contributed by atoms with Crippen LogP contribution in [0.1, 0.15) is 31.2 Å². The number of furan rings is 1. The molecule has 1 aromatic carbocycles. The van der Waals surface area contributed by atoms with Gasteiger partial charge in [0.1, 0.15) is 17.6 Å². The molecule has 3 rings (SSSR count). The summed E-state index contributed by atoms with van der Waals surface area (Å²) in [7, 11) is -3.69. The highest BCUT2D eigenvalue weighted by atomic mass is 32.2. The van der Waals surface area contributed by atoms with E-state index in [1.54, 1.807) is 37.3 Å². The zero-order valence-corrected chi connectivity index (χ0v) is 16.0. The van der Waals surface area contributed by atoms with E-state index in [9.17, 15) is 18.0 Å². The van der Waals surface area contributed by atoms with Crippen LogP contribution in [0.5, 0.6) is 0 Å². The van der Waals surface area contributed by atoms with Gasteiger partial charge >= 0.3 is 5.97 Å². The zero-order valence-electron chi connectivity index (χ0n) is 15.2. The van der Waals surface area contributed by atoms with Gasteiger partial charge in [0, 0.05) is 5.56 Å². The van der Waals surface area contributed by atoms with Crippen LogP contribution in [0, 0.1) is 0 Å². The van der Waals surface area contributed by atoms with Crippen LogP contribution < -0.4 is 10.0 Å². The van der Waals surface area contributed by atoms with E-state index >= 15 is 0 Å². The molecule has 1 aliphatic heterocycles. The predicted molar refractivity (Wildman–Crippen MR) is 99.0 cm³/mol. The Labute approximate surface area is 161 Å². The van der Waals surface area contributed by atoms with Crippen molar-refractivity contribution in [1.82, 2.24) is 10.0 Å². The smallest absolute Gasteiger partial charge is 0.331 e. The SMILES string of the molecule is C[C@H](N=C1NS(=O)(=O)c2ccccc21)C(=O)OCC(=O)N[C@H](C)c1ccco1. The number of rotatable bonds is 6. The molecule has 2 heterocycles. The molecule has 0 saturated heterocycles. The Balaban J connectivity index is 1.58. The number of sulfonamides is 1. The molecule has 0 spiro atoms. The van der Waals surface area contributed by atoms with Crippen LogP contribution in [0.4, 0.5) is 0 Å². The third-order valence-corrected chi connectivity index (χ3v) is 5.42. The van der Waals surface area contributed by atoms with E-state index in [1.807, 2.05) is 0 Å². The first-order valence-electron chi connectivity index (χ1n) is 8.47. The highest BCUT2D eigenvalue weighted by molar-refractivity contribution is 7.90. The number of aliphatic imine (C=N–C) groups is 1. The molecule has 0 unspecified atom stereocenters. The average Bonchev–Trinajstić information content (AvgIpc) is 3.27. The first-order valence-corrected chi connectivity index (χ1v) is 9.95. The van der Waals surface area contributed by atoms with E-state index in [-0.39, 0.29) is 16.8 Å². The fourth-order valence-corrected chi connectivity index (χ4v) is 3.86. The molecule has 28 heavy (non-hydrogen) atoms. The number of carbonyl (C=O) groups excluding carboxylic acids is 2. The lowest BCUT2D eigenvalue weighted by molar-refractivity contribution is -0.149. The fraction of sp³-hybridized carbons (Fsp3) is 0.278. The molecule has 0 saturated carbocycles. The van der Waals surface area contributed by atoms with Gasteiger partial charge in [-0.15, -0.1) is 0 Å². The maximum atomic E-state index is 12.1. The van der Waals surface area contributed by atoms with Crippen molar-refractivity contribution in [2.75, 3.05) is 6.61 Å². The summed E-state index contributed by atoms with van der Waals surface area (Å²) in [5.74, 6) is -0.608. The second-order valence-electron chi connectivity index (χ2n) is 6.17. The van der Waals surface area contributed by atoms with Gasteiger partial charge in [-0.2, -0.15) is 0 Å². The molecule has 0 radical (unpaired) electrons. The minimum Gasteiger partial charge on any atom is -0.467 e. The van der Waals surface area contributed by atoms with E-state index in [1.165, 1.54) is 19.3 Å². The Morgan fingerprint density at radius 2 is 1.96 bits per heavy atom. The highest BCUT2D eigenvalue weighted by Gasteiger charge is 2.31. The molecule has 1 aromatic heterocycles. The summed E-state index contributed by atoms with van der Waals surface area (Å²) in [5, 5.41) is 2.64. The van der Waals surface area contributed by atoms with Crippen LogP contribution in [0.3, 0.4) is 0 Å². The Bertz CT molecular complexity index is 1010. The van der Waals surface area contributed by atoms with Crippen molar-refractivity contribution >= 4 is 27.7 Å². The molecule has 0 fully saturated rings. The van der Waals surface area contributed by atoms with E-state index in [2.05, 4.69) is 15.0 Å². The number of fused-ring (bicyclic) bond motifs is 1. The van der Waals surface area contributed by atoms with Crippen molar-refractivity contribution in [2.45, 2.75) is 30.8 Å². The van der Waals surface area contributed by atoms with Gasteiger partial charge in [-0.3, -0.25) is 14.5 Å². The summed E-state index contributed by atoms with van der Waals surface area (Å²) in [6.45, 7) is 2.70. The number of esters is 1. The third kappa shape index (κ3) is 4.22. The fourth-order valence-electron chi connectivity index (χ4n) is 2.63. The Morgan fingerprint density at radius 3 is 2.68 bits per heavy atom. The molecule has 0 aliphatic carbocycles. The van der Waals surface area contributed by atoms with Crippen molar-refractivity contribution in [3.05, 3.63) is 54.0 Å². The average molecular weight is 405 g/mol. The summed E-state index contributed by atoms with van der Waals surface area (Å²) < 4.78 is 36.6. The monoisotopic (exact) mass is 405 g/mol. The number of hydrogen-bond acceptors (Lipinski definition) is 7. The van der Waals surface area contributed by atoms with Crippen molar-refractivity contribution in [3.8, 4) is 0 Å². The number of ether oxygens (including phenoxy) is 1. The second-order valence-corrected chi connectivity index (χ2v) is 7.82. The third-order valence-electron chi connectivity index (χ3n) is 4.02. The van der Waals surface area contributed by atoms with Gasteiger partial charge in [-0.25, -0.2) is 13.2 Å². The first-order chi connectivity index (χ1) is 13.3. The van der Waals surface area contributed by atoms with Crippen molar-refractivity contribution in [1.29, 1.82) is 0 Å². The van der Waals surface area contributed by atoms with Gasteiger partial charge in [0.25, 0.3) is 15.9 Å². The molecule has 0 bridgehead atoms. The van der Waals surface area contributed by atoms with Gasteiger partial charge in [0.15, 0.2) is 6.61 Å². The topological polar surface area (TPSA) is 127 Å². The Kier molecular flexibility index (Phi) is 5.50. The number of benzene rings is 1. The summed E-state index contributed by atoms with van der Waals surface area (Å²) in [6, 6.07) is 8.36. The number of hydrogen-bond donors (Lipinski definition) is 2. The van der Waals surface area contributed by atoms with Gasteiger partial charge in [0.2, 0.25) is 0 Å². The largest absolute Gasteiger partial charge is 0.467 e. The molecular formula is C18H19N3O6S. The minimum atomic E-state index is -3.69. The van der Waals surface area contributed by atoms with E-state index in [0.717, 1.165) is 0 Å². The quantitative estimate of drug-likeness (QED) is 0.694. The predicted octanol–water partition coefficient (Wildman–Crippen LogP) is 1.13. The summed E-state index contributed by atoms with van der Waals surface area (Å²) in [5.41, 5.74) is 0.382. The summed E-state index contributed by atoms with van der Waals surface area (Å²) in [6.07, 6.45) is 1.49. The molecule has 2 atom stereocenters. The van der Waals surface area contributed by atoms with Crippen LogP contribution in [-0.2, 0) is 24.3 Å². The normalized spacial score (nSPS) is 18.0. The number of nitrogens with one attached hydrogen (secondary N) is 2. The van der Waals surface area contributed by atoms with Crippen LogP contribution in [0.2, 0.25) is 0 Å². The first kappa shape index (κ1) is 19.6. The number of amidine groups is 1. The van der Waals surface area contributed by atoms with Crippen LogP contribution in [0.15, 0.2) is 57.0 Å². The second kappa shape index (κ2) is 7.85. The molecule has 2 aromatic rings. The molecule has 148 valence electrons. The van der Waals surface area contributed by atoms with Crippen molar-refractivity contribution < 1.29 is 27.2 Å². The number of carbonyl (C=O) groups is 2. The lowest BCUT2D eigenvalue weighted by Gasteiger charge is -2.12. The van der Waals surface area contributed by atoms with Gasteiger partial charge in [-0.05, 0) is 38.1 Å². The summed E-state index contributed by atoms with van der Waals surface area (Å²) in [4.78, 5) is 28.2. The molecule has 1 aliphatic rings. The van der Waals surface area contributed by atoms with Crippen molar-refractivity contribution in [2.24, 2.45) is 4.99 Å². The lowest BCUT2D eigenvalue weighted by atomic mass is 10.2. The number of nitrogens with zero attached hydrogens (tertiary/aromatic N) is 1. The standard InChI is InChI=1S/C18H19N3O6S/c1-11(14-7-5-9-26-14)19-16(22)10-27-18(23)12(2)20-17-13-6-3-4-8-15(13)28(24,25)21-17/h3-9,11-12H,10H2,1-2H3,(H,19,22)(H,20,21)/t11-,12+/m1/s1. The van der Waals surface area contributed by atoms with Gasteiger partial charge in [0.05, 0.1) is 17.2 Å². The maximum Gasteiger partial charge on any atom is 0.331 e. The molecule has 10 heteroatoms. The molecule has 1 amide bonds. The van der Waals surface area contributed by atoms with E-state index in [0.29, 0.717) is 11.3 Å². The lowest BCUT2D eigenvalue weighted by Crippen LogP contribution is -2.33. The van der Waals surface area contributed by atoms with Crippen LogP contribution in [-0.4, -0.2) is 38.8 Å². The molecule has 2 N–H and O–H groups in total. The van der Waals surface area contributed by atoms with Crippen molar-refractivity contribution in [3.63, 3.8) is 0 Å². The highest BCUT2D eigenvalue weighted by Crippen LogP contribution is 2.22. The Hall–Kier alpha value is -3.14. The molecular weight excluding hydrogens is 386 g/mol. The van der Waals surface area contributed by atoms with Crippen LogP contribution >= 0.6 is 0 Å². The zero-order chi connectivity index (χ0) is 20.3. The maximum absolute atomic E-state index is 12.1. The van der Waals surface area contributed by atoms with Crippen LogP contribution in [0.25, 0.3) is 0 Å².